The van der Waals surface area contributed by atoms with Crippen LogP contribution in [0.25, 0.3) is 0 Å². The van der Waals surface area contributed by atoms with Crippen LogP contribution in [-0.4, -0.2) is 67.2 Å². The van der Waals surface area contributed by atoms with Crippen LogP contribution in [0.15, 0.2) is 6.07 Å². The molecule has 2 amide bonds. The summed E-state index contributed by atoms with van der Waals surface area (Å²) in [4.78, 5) is 29.5. The Morgan fingerprint density at radius 1 is 1.07 bits per heavy atom. The van der Waals surface area contributed by atoms with Crippen molar-refractivity contribution in [2.24, 2.45) is 0 Å². The van der Waals surface area contributed by atoms with Crippen LogP contribution in [0.1, 0.15) is 74.5 Å². The number of hydrogen-bond acceptors (Lipinski definition) is 3. The molecule has 1 aromatic heterocycles. The average molecular weight is 527 g/mol. The van der Waals surface area contributed by atoms with Crippen molar-refractivity contribution in [2.75, 3.05) is 27.2 Å². The van der Waals surface area contributed by atoms with Crippen molar-refractivity contribution < 1.29 is 9.59 Å². The molecule has 4 nitrogen and oxygen atoms in total. The molecule has 29 heavy (non-hydrogen) atoms. The Labute approximate surface area is 185 Å². The van der Waals surface area contributed by atoms with E-state index in [0.29, 0.717) is 6.54 Å². The van der Waals surface area contributed by atoms with E-state index in [2.05, 4.69) is 26.8 Å². The van der Waals surface area contributed by atoms with E-state index < -0.39 is 18.4 Å². The van der Waals surface area contributed by atoms with Gasteiger partial charge in [-0.25, -0.2) is 0 Å². The molecule has 0 aromatic carbocycles. The number of nitrogens with zero attached hydrogens (tertiary/aromatic N) is 2. The first kappa shape index (κ1) is 24.7. The predicted molar refractivity (Wildman–Crippen MR) is 127 cm³/mol. The van der Waals surface area contributed by atoms with E-state index in [1.807, 2.05) is 11.3 Å². The Hall–Kier alpha value is -0.561. The Morgan fingerprint density at radius 3 is 2.10 bits per heavy atom. The third kappa shape index (κ3) is 6.22. The number of thiophene rings is 1. The van der Waals surface area contributed by atoms with E-state index >= 15 is 0 Å². The van der Waals surface area contributed by atoms with Gasteiger partial charge in [-0.1, -0.05) is 0 Å². The van der Waals surface area contributed by atoms with Crippen LogP contribution >= 0.6 is 11.3 Å². The average Bonchev–Trinajstić information content (AvgIpc) is 3.15. The fourth-order valence-corrected chi connectivity index (χ4v) is 24.7. The number of carbonyl (C=O) groups excluding carboxylic acids is 2. The number of amides is 2. The molecular weight excluding hydrogens is 487 g/mol. The van der Waals surface area contributed by atoms with Gasteiger partial charge in [-0.2, -0.15) is 0 Å². The van der Waals surface area contributed by atoms with Crippen molar-refractivity contribution in [3.8, 4) is 0 Å². The van der Waals surface area contributed by atoms with Crippen molar-refractivity contribution in [1.29, 1.82) is 0 Å². The van der Waals surface area contributed by atoms with E-state index in [4.69, 9.17) is 0 Å². The standard InChI is InChI=1S/C11H13N2O2S.3C4H9.Sn/c1-12(2)9(14)7-13-5-3-8-4-6-16-10(8)11(13)15;3*1-3-4-2;/h4H,3,5,7H2,1-2H3;3*1,3-4H2,2H3;. The van der Waals surface area contributed by atoms with Crippen LogP contribution in [0.3, 0.4) is 0 Å². The van der Waals surface area contributed by atoms with E-state index in [-0.39, 0.29) is 18.4 Å². The zero-order chi connectivity index (χ0) is 21.4. The van der Waals surface area contributed by atoms with Gasteiger partial charge in [0.25, 0.3) is 0 Å². The molecule has 1 aliphatic rings. The molecule has 0 bridgehead atoms. The van der Waals surface area contributed by atoms with Crippen molar-refractivity contribution in [2.45, 2.75) is 79.0 Å². The van der Waals surface area contributed by atoms with Gasteiger partial charge in [0, 0.05) is 0 Å². The summed E-state index contributed by atoms with van der Waals surface area (Å²) in [6.45, 7) is 7.79. The van der Waals surface area contributed by atoms with E-state index in [9.17, 15) is 9.59 Å². The molecule has 0 N–H and O–H groups in total. The number of likely N-dealkylation sites (N-methyl/N-ethyl adjacent to an activating group) is 1. The summed E-state index contributed by atoms with van der Waals surface area (Å²) >= 11 is -0.680. The second-order valence-corrected chi connectivity index (χ2v) is 24.0. The molecule has 0 atom stereocenters. The van der Waals surface area contributed by atoms with Crippen LogP contribution in [0, 0.1) is 0 Å². The molecular formula is C23H40N2O2SSn. The molecule has 0 aliphatic carbocycles. The maximum atomic E-state index is 13.1. The van der Waals surface area contributed by atoms with Crippen LogP contribution in [-0.2, 0) is 11.2 Å². The molecule has 6 heteroatoms. The molecule has 0 saturated heterocycles. The zero-order valence-corrected chi connectivity index (χ0v) is 22.9. The third-order valence-electron chi connectivity index (χ3n) is 6.32. The summed E-state index contributed by atoms with van der Waals surface area (Å²) in [5, 5.41) is 0. The molecule has 0 saturated carbocycles. The van der Waals surface area contributed by atoms with Gasteiger partial charge in [-0.05, 0) is 0 Å². The number of rotatable bonds is 12. The number of hydrogen-bond donors (Lipinski definition) is 0. The van der Waals surface area contributed by atoms with Gasteiger partial charge in [-0.15, -0.1) is 0 Å². The van der Waals surface area contributed by atoms with Crippen molar-refractivity contribution >= 4 is 44.4 Å². The fraction of sp³-hybridized carbons (Fsp3) is 0.739. The molecule has 0 fully saturated rings. The maximum absolute atomic E-state index is 13.1. The predicted octanol–water partition coefficient (Wildman–Crippen LogP) is 4.89. The molecule has 164 valence electrons. The summed E-state index contributed by atoms with van der Waals surface area (Å²) < 4.78 is 5.93. The molecule has 0 unspecified atom stereocenters. The van der Waals surface area contributed by atoms with Crippen LogP contribution in [0.2, 0.25) is 13.3 Å². The Morgan fingerprint density at radius 2 is 1.62 bits per heavy atom. The zero-order valence-electron chi connectivity index (χ0n) is 19.2. The van der Waals surface area contributed by atoms with Gasteiger partial charge >= 0.3 is 187 Å². The first-order valence-electron chi connectivity index (χ1n) is 11.5. The summed E-state index contributed by atoms with van der Waals surface area (Å²) in [6, 6.07) is 2.44. The summed E-state index contributed by atoms with van der Waals surface area (Å²) in [5.74, 6) is 0.0836. The van der Waals surface area contributed by atoms with Crippen molar-refractivity contribution in [3.05, 3.63) is 16.5 Å². The molecule has 0 radical (unpaired) electrons. The van der Waals surface area contributed by atoms with Crippen molar-refractivity contribution in [3.63, 3.8) is 0 Å². The molecule has 2 heterocycles. The minimum atomic E-state index is -2.50. The Bertz CT molecular complexity index is 665. The Kier molecular flexibility index (Phi) is 9.99. The second kappa shape index (κ2) is 11.7. The monoisotopic (exact) mass is 528 g/mol. The quantitative estimate of drug-likeness (QED) is 0.364. The minimum absolute atomic E-state index is 0.000869. The Balaban J connectivity index is 2.32. The van der Waals surface area contributed by atoms with E-state index in [1.54, 1.807) is 26.8 Å². The number of carbonyl (C=O) groups is 2. The summed E-state index contributed by atoms with van der Waals surface area (Å²) in [6.07, 6.45) is 8.70. The summed E-state index contributed by atoms with van der Waals surface area (Å²) in [5.41, 5.74) is 1.26. The number of fused-ring (bicyclic) bond motifs is 1. The SMILES string of the molecule is CCC[CH2][Sn]([CH2]CCC)([CH2]CCC)[c]1cc2c(s1)C(=O)N(CC(=O)N(C)C)CC2. The first-order chi connectivity index (χ1) is 13.9. The van der Waals surface area contributed by atoms with Crippen molar-refractivity contribution in [1.82, 2.24) is 9.80 Å². The fourth-order valence-electron chi connectivity index (χ4n) is 4.30. The van der Waals surface area contributed by atoms with E-state index in [1.165, 1.54) is 57.4 Å². The third-order valence-corrected chi connectivity index (χ3v) is 25.7. The second-order valence-electron chi connectivity index (χ2n) is 8.82. The van der Waals surface area contributed by atoms with Gasteiger partial charge in [0.15, 0.2) is 0 Å². The van der Waals surface area contributed by atoms with E-state index in [0.717, 1.165) is 11.3 Å². The van der Waals surface area contributed by atoms with Gasteiger partial charge in [-0.3, -0.25) is 0 Å². The van der Waals surface area contributed by atoms with Crippen LogP contribution in [0.5, 0.6) is 0 Å². The van der Waals surface area contributed by atoms with Gasteiger partial charge in [0.1, 0.15) is 0 Å². The molecule has 2 rings (SSSR count). The van der Waals surface area contributed by atoms with Crippen LogP contribution in [0.4, 0.5) is 0 Å². The normalized spacial score (nSPS) is 14.2. The van der Waals surface area contributed by atoms with Crippen LogP contribution < -0.4 is 2.89 Å². The summed E-state index contributed by atoms with van der Waals surface area (Å²) in [7, 11) is 3.51. The van der Waals surface area contributed by atoms with Gasteiger partial charge < -0.3 is 0 Å². The number of unbranched alkanes of at least 4 members (excludes halogenated alkanes) is 3. The molecule has 1 aliphatic heterocycles. The topological polar surface area (TPSA) is 40.6 Å². The molecule has 1 aromatic rings. The first-order valence-corrected chi connectivity index (χ1v) is 19.8. The van der Waals surface area contributed by atoms with Gasteiger partial charge in [0.2, 0.25) is 0 Å². The molecule has 0 spiro atoms. The van der Waals surface area contributed by atoms with Gasteiger partial charge in [0.05, 0.1) is 0 Å².